The number of carbonyl (C=O) groups excluding carboxylic acids is 1. The van der Waals surface area contributed by atoms with Crippen molar-refractivity contribution < 1.29 is 17.9 Å². The highest BCUT2D eigenvalue weighted by molar-refractivity contribution is 8.00. The summed E-state index contributed by atoms with van der Waals surface area (Å²) >= 11 is 1.48. The zero-order valence-corrected chi connectivity index (χ0v) is 19.3. The zero-order valence-electron chi connectivity index (χ0n) is 17.6. The van der Waals surface area contributed by atoms with E-state index in [9.17, 15) is 13.2 Å². The summed E-state index contributed by atoms with van der Waals surface area (Å²) in [5.74, 6) is 1.13. The van der Waals surface area contributed by atoms with Crippen LogP contribution in [0.5, 0.6) is 5.75 Å². The maximum absolute atomic E-state index is 12.9. The molecule has 30 heavy (non-hydrogen) atoms. The van der Waals surface area contributed by atoms with Gasteiger partial charge in [0.25, 0.3) is 0 Å². The molecule has 0 spiro atoms. The van der Waals surface area contributed by atoms with E-state index in [1.807, 2.05) is 38.1 Å². The van der Waals surface area contributed by atoms with Crippen molar-refractivity contribution >= 4 is 33.4 Å². The highest BCUT2D eigenvalue weighted by atomic mass is 32.2. The first kappa shape index (κ1) is 22.7. The predicted octanol–water partition coefficient (Wildman–Crippen LogP) is 3.80. The van der Waals surface area contributed by atoms with Crippen LogP contribution in [0.1, 0.15) is 25.8 Å². The third-order valence-corrected chi connectivity index (χ3v) is 8.28. The van der Waals surface area contributed by atoms with Crippen molar-refractivity contribution in [2.45, 2.75) is 36.5 Å². The summed E-state index contributed by atoms with van der Waals surface area (Å²) in [5, 5.41) is 0. The number of amides is 1. The Balaban J connectivity index is 1.75. The highest BCUT2D eigenvalue weighted by Gasteiger charge is 2.27. The smallest absolute Gasteiger partial charge is 0.243 e. The van der Waals surface area contributed by atoms with E-state index in [4.69, 9.17) is 4.74 Å². The second kappa shape index (κ2) is 9.85. The summed E-state index contributed by atoms with van der Waals surface area (Å²) in [6.45, 7) is 5.18. The van der Waals surface area contributed by atoms with Gasteiger partial charge in [-0.25, -0.2) is 8.42 Å². The van der Waals surface area contributed by atoms with Gasteiger partial charge in [0.1, 0.15) is 5.75 Å². The van der Waals surface area contributed by atoms with Gasteiger partial charge in [-0.3, -0.25) is 4.79 Å². The molecule has 2 aromatic carbocycles. The first-order valence-electron chi connectivity index (χ1n) is 10.1. The van der Waals surface area contributed by atoms with Crippen LogP contribution in [-0.2, 0) is 21.2 Å². The van der Waals surface area contributed by atoms with Crippen molar-refractivity contribution in [3.05, 3.63) is 48.0 Å². The zero-order chi connectivity index (χ0) is 21.7. The number of rotatable bonds is 8. The molecule has 0 N–H and O–H groups in total. The van der Waals surface area contributed by atoms with E-state index in [1.54, 1.807) is 30.2 Å². The fraction of sp³-hybridized carbons (Fsp3) is 0.409. The minimum absolute atomic E-state index is 0.0242. The van der Waals surface area contributed by atoms with Gasteiger partial charge < -0.3 is 9.64 Å². The van der Waals surface area contributed by atoms with Crippen molar-refractivity contribution in [1.29, 1.82) is 0 Å². The van der Waals surface area contributed by atoms with E-state index in [1.165, 1.54) is 16.1 Å². The fourth-order valence-corrected chi connectivity index (χ4v) is 5.88. The van der Waals surface area contributed by atoms with E-state index in [0.29, 0.717) is 30.3 Å². The van der Waals surface area contributed by atoms with Crippen molar-refractivity contribution in [1.82, 2.24) is 4.31 Å². The summed E-state index contributed by atoms with van der Waals surface area (Å²) < 4.78 is 32.3. The second-order valence-corrected chi connectivity index (χ2v) is 9.98. The first-order valence-corrected chi connectivity index (χ1v) is 12.5. The molecule has 0 aliphatic carbocycles. The Hall–Kier alpha value is -2.03. The molecule has 0 unspecified atom stereocenters. The highest BCUT2D eigenvalue weighted by Crippen LogP contribution is 2.31. The lowest BCUT2D eigenvalue weighted by molar-refractivity contribution is -0.116. The topological polar surface area (TPSA) is 66.9 Å². The van der Waals surface area contributed by atoms with Crippen LogP contribution in [-0.4, -0.2) is 51.1 Å². The lowest BCUT2D eigenvalue weighted by Gasteiger charge is -2.30. The quantitative estimate of drug-likeness (QED) is 0.575. The molecule has 1 heterocycles. The standard InChI is InChI=1S/C22H28N2O4S2/c1-4-23(5-2)30(26,27)20-12-13-21-17(15-20)7-6-14-24(21)22(25)16-29-19-10-8-18(28-3)9-11-19/h8-13,15H,4-7,14,16H2,1-3H3. The Morgan fingerprint density at radius 2 is 1.83 bits per heavy atom. The van der Waals surface area contributed by atoms with Crippen LogP contribution in [0.4, 0.5) is 5.69 Å². The normalized spacial score (nSPS) is 13.9. The van der Waals surface area contributed by atoms with Gasteiger partial charge in [0.2, 0.25) is 15.9 Å². The SMILES string of the molecule is CCN(CC)S(=O)(=O)c1ccc2c(c1)CCCN2C(=O)CSc1ccc(OC)cc1. The van der Waals surface area contributed by atoms with Crippen LogP contribution >= 0.6 is 11.8 Å². The lowest BCUT2D eigenvalue weighted by atomic mass is 10.0. The van der Waals surface area contributed by atoms with Crippen LogP contribution < -0.4 is 9.64 Å². The molecule has 0 fully saturated rings. The molecule has 0 radical (unpaired) electrons. The number of hydrogen-bond donors (Lipinski definition) is 0. The number of hydrogen-bond acceptors (Lipinski definition) is 5. The molecule has 3 rings (SSSR count). The van der Waals surface area contributed by atoms with Gasteiger partial charge >= 0.3 is 0 Å². The number of thioether (sulfide) groups is 1. The van der Waals surface area contributed by atoms with E-state index < -0.39 is 10.0 Å². The minimum Gasteiger partial charge on any atom is -0.497 e. The number of sulfonamides is 1. The van der Waals surface area contributed by atoms with Crippen molar-refractivity contribution in [2.24, 2.45) is 0 Å². The second-order valence-electron chi connectivity index (χ2n) is 6.99. The molecule has 0 bridgehead atoms. The molecule has 1 aliphatic rings. The summed E-state index contributed by atoms with van der Waals surface area (Å²) in [4.78, 5) is 16.0. The van der Waals surface area contributed by atoms with Gasteiger partial charge in [0.15, 0.2) is 0 Å². The Labute approximate surface area is 183 Å². The number of benzene rings is 2. The van der Waals surface area contributed by atoms with Crippen LogP contribution in [0.2, 0.25) is 0 Å². The molecule has 0 aromatic heterocycles. The predicted molar refractivity (Wildman–Crippen MR) is 121 cm³/mol. The molecule has 1 aliphatic heterocycles. The molecule has 6 nitrogen and oxygen atoms in total. The Morgan fingerprint density at radius 1 is 1.13 bits per heavy atom. The van der Waals surface area contributed by atoms with Gasteiger partial charge in [-0.1, -0.05) is 13.8 Å². The molecule has 162 valence electrons. The van der Waals surface area contributed by atoms with E-state index >= 15 is 0 Å². The van der Waals surface area contributed by atoms with Gasteiger partial charge in [0, 0.05) is 30.2 Å². The number of aryl methyl sites for hydroxylation is 1. The number of anilines is 1. The number of nitrogens with zero attached hydrogens (tertiary/aromatic N) is 2. The van der Waals surface area contributed by atoms with Gasteiger partial charge in [-0.05, 0) is 60.9 Å². The van der Waals surface area contributed by atoms with Crippen molar-refractivity contribution in [2.75, 3.05) is 37.4 Å². The maximum Gasteiger partial charge on any atom is 0.243 e. The Bertz CT molecular complexity index is 987. The first-order chi connectivity index (χ1) is 14.4. The van der Waals surface area contributed by atoms with E-state index in [-0.39, 0.29) is 5.91 Å². The lowest BCUT2D eigenvalue weighted by Crippen LogP contribution is -2.37. The molecule has 1 amide bonds. The number of methoxy groups -OCH3 is 1. The number of fused-ring (bicyclic) bond motifs is 1. The van der Waals surface area contributed by atoms with Crippen LogP contribution in [0.3, 0.4) is 0 Å². The maximum atomic E-state index is 12.9. The number of ether oxygens (including phenoxy) is 1. The average Bonchev–Trinajstić information content (AvgIpc) is 2.77. The summed E-state index contributed by atoms with van der Waals surface area (Å²) in [7, 11) is -1.89. The molecule has 0 atom stereocenters. The monoisotopic (exact) mass is 448 g/mol. The molecular weight excluding hydrogens is 420 g/mol. The van der Waals surface area contributed by atoms with E-state index in [0.717, 1.165) is 34.7 Å². The largest absolute Gasteiger partial charge is 0.497 e. The Kier molecular flexibility index (Phi) is 7.44. The summed E-state index contributed by atoms with van der Waals surface area (Å²) in [6, 6.07) is 12.8. The third-order valence-electron chi connectivity index (χ3n) is 5.24. The van der Waals surface area contributed by atoms with Crippen LogP contribution in [0.25, 0.3) is 0 Å². The summed E-state index contributed by atoms with van der Waals surface area (Å²) in [6.07, 6.45) is 1.59. The van der Waals surface area contributed by atoms with Crippen LogP contribution in [0.15, 0.2) is 52.3 Å². The molecule has 8 heteroatoms. The summed E-state index contributed by atoms with van der Waals surface area (Å²) in [5.41, 5.74) is 1.73. The van der Waals surface area contributed by atoms with Gasteiger partial charge in [0.05, 0.1) is 17.8 Å². The van der Waals surface area contributed by atoms with Crippen molar-refractivity contribution in [3.63, 3.8) is 0 Å². The third kappa shape index (κ3) is 4.82. The molecule has 2 aromatic rings. The number of carbonyl (C=O) groups is 1. The molecular formula is C22H28N2O4S2. The van der Waals surface area contributed by atoms with E-state index in [2.05, 4.69) is 0 Å². The average molecular weight is 449 g/mol. The molecule has 0 saturated carbocycles. The molecule has 0 saturated heterocycles. The van der Waals surface area contributed by atoms with Crippen LogP contribution in [0, 0.1) is 0 Å². The van der Waals surface area contributed by atoms with Gasteiger partial charge in [-0.15, -0.1) is 11.8 Å². The van der Waals surface area contributed by atoms with Crippen molar-refractivity contribution in [3.8, 4) is 5.75 Å². The Morgan fingerprint density at radius 3 is 2.47 bits per heavy atom. The fourth-order valence-electron chi connectivity index (χ4n) is 3.60. The van der Waals surface area contributed by atoms with Gasteiger partial charge in [-0.2, -0.15) is 4.31 Å². The minimum atomic E-state index is -3.51.